The summed E-state index contributed by atoms with van der Waals surface area (Å²) in [7, 11) is -4.72. The number of hydrogen-bond acceptors (Lipinski definition) is 7. The standard InChI is InChI=1S/C31H37N4O5PS/c1-19-15-27-28-26(21-5-4-6-24(16-21)42(38,39)23-7-8-23)17-25(20(2)29(28)34-30(27)32-18-19)31(36)33-22-9-11-35(12-10-22)13-14-40-41(3)37/h4-6,15-18,22-23,37H,7-14H2,1-3H3,(H,32,34)(H,33,36). The monoisotopic (exact) mass is 608 g/mol. The zero-order valence-corrected chi connectivity index (χ0v) is 25.9. The van der Waals surface area contributed by atoms with Crippen molar-refractivity contribution >= 4 is 46.1 Å². The number of carbonyl (C=O) groups excluding carboxylic acids is 1. The Labute approximate surface area is 247 Å². The van der Waals surface area contributed by atoms with Gasteiger partial charge in [0.05, 0.1) is 22.3 Å². The smallest absolute Gasteiger partial charge is 0.251 e. The van der Waals surface area contributed by atoms with E-state index in [-0.39, 0.29) is 17.2 Å². The van der Waals surface area contributed by atoms with Gasteiger partial charge in [-0.1, -0.05) is 12.1 Å². The number of aromatic nitrogens is 2. The number of aryl methyl sites for hydroxylation is 2. The fraction of sp³-hybridized carbons (Fsp3) is 0.419. The summed E-state index contributed by atoms with van der Waals surface area (Å²) in [6.45, 7) is 8.57. The van der Waals surface area contributed by atoms with E-state index >= 15 is 0 Å². The number of sulfone groups is 1. The topological polar surface area (TPSA) is 125 Å². The van der Waals surface area contributed by atoms with Crippen LogP contribution in [0.4, 0.5) is 0 Å². The Kier molecular flexibility index (Phi) is 8.11. The van der Waals surface area contributed by atoms with Crippen LogP contribution in [0.5, 0.6) is 0 Å². The number of hydrogen-bond donors (Lipinski definition) is 3. The Morgan fingerprint density at radius 1 is 1.17 bits per heavy atom. The van der Waals surface area contributed by atoms with Crippen LogP contribution in [-0.2, 0) is 14.4 Å². The Morgan fingerprint density at radius 2 is 1.93 bits per heavy atom. The van der Waals surface area contributed by atoms with Crippen LogP contribution in [0.15, 0.2) is 47.5 Å². The van der Waals surface area contributed by atoms with Gasteiger partial charge in [0.2, 0.25) is 0 Å². The van der Waals surface area contributed by atoms with E-state index in [1.54, 1.807) is 24.9 Å². The van der Waals surface area contributed by atoms with Gasteiger partial charge in [0.25, 0.3) is 5.91 Å². The summed E-state index contributed by atoms with van der Waals surface area (Å²) >= 11 is 0. The summed E-state index contributed by atoms with van der Waals surface area (Å²) < 4.78 is 31.5. The zero-order chi connectivity index (χ0) is 29.6. The second-order valence-corrected chi connectivity index (χ2v) is 15.0. The maximum atomic E-state index is 13.8. The molecule has 222 valence electrons. The number of rotatable bonds is 9. The number of piperidine rings is 1. The number of H-pyrrole nitrogens is 1. The molecule has 0 bridgehead atoms. The molecule has 3 N–H and O–H groups in total. The van der Waals surface area contributed by atoms with Crippen molar-refractivity contribution in [2.24, 2.45) is 0 Å². The Morgan fingerprint density at radius 3 is 2.64 bits per heavy atom. The van der Waals surface area contributed by atoms with Gasteiger partial charge in [-0.05, 0) is 86.1 Å². The number of benzene rings is 2. The van der Waals surface area contributed by atoms with Gasteiger partial charge < -0.3 is 24.6 Å². The molecule has 1 aliphatic carbocycles. The SMILES string of the molecule is Cc1cnc2[nH]c3c(C)c(C(=O)NC4CCN(CCOP(C)O)CC4)cc(-c4cccc(S(=O)(=O)C5CC5)c4)c3c2c1. The van der Waals surface area contributed by atoms with E-state index in [9.17, 15) is 18.1 Å². The van der Waals surface area contributed by atoms with Crippen molar-refractivity contribution in [2.45, 2.75) is 55.7 Å². The quantitative estimate of drug-likeness (QED) is 0.226. The zero-order valence-electron chi connectivity index (χ0n) is 24.2. The van der Waals surface area contributed by atoms with Gasteiger partial charge in [0.15, 0.2) is 18.2 Å². The van der Waals surface area contributed by atoms with E-state index in [1.165, 1.54) is 0 Å². The molecule has 6 rings (SSSR count). The van der Waals surface area contributed by atoms with Crippen LogP contribution >= 0.6 is 8.38 Å². The number of nitrogens with one attached hydrogen (secondary N) is 2. The van der Waals surface area contributed by atoms with Crippen molar-refractivity contribution in [3.8, 4) is 11.1 Å². The van der Waals surface area contributed by atoms with E-state index in [4.69, 9.17) is 4.52 Å². The lowest BCUT2D eigenvalue weighted by molar-refractivity contribution is 0.0905. The number of aromatic amines is 1. The highest BCUT2D eigenvalue weighted by atomic mass is 32.2. The van der Waals surface area contributed by atoms with Crippen LogP contribution in [0.25, 0.3) is 33.1 Å². The molecule has 1 saturated heterocycles. The van der Waals surface area contributed by atoms with Crippen LogP contribution in [0.2, 0.25) is 0 Å². The lowest BCUT2D eigenvalue weighted by atomic mass is 9.93. The first kappa shape index (κ1) is 29.2. The third-order valence-corrected chi connectivity index (χ3v) is 11.2. The van der Waals surface area contributed by atoms with Gasteiger partial charge in [-0.3, -0.25) is 4.79 Å². The molecule has 11 heteroatoms. The molecule has 42 heavy (non-hydrogen) atoms. The number of carbonyl (C=O) groups is 1. The van der Waals surface area contributed by atoms with E-state index in [1.807, 2.05) is 32.2 Å². The first-order chi connectivity index (χ1) is 20.1. The fourth-order valence-electron chi connectivity index (χ4n) is 5.94. The summed E-state index contributed by atoms with van der Waals surface area (Å²) in [5.41, 5.74) is 5.53. The molecule has 1 atom stereocenters. The molecular weight excluding hydrogens is 571 g/mol. The molecule has 9 nitrogen and oxygen atoms in total. The summed E-state index contributed by atoms with van der Waals surface area (Å²) in [6, 6.07) is 11.2. The van der Waals surface area contributed by atoms with Gasteiger partial charge in [-0.25, -0.2) is 13.4 Å². The molecule has 2 aliphatic rings. The van der Waals surface area contributed by atoms with E-state index in [0.29, 0.717) is 29.9 Å². The van der Waals surface area contributed by atoms with Crippen LogP contribution in [-0.4, -0.2) is 78.3 Å². The lowest BCUT2D eigenvalue weighted by Crippen LogP contribution is -2.45. The summed E-state index contributed by atoms with van der Waals surface area (Å²) in [6.07, 6.45) is 4.88. The number of fused-ring (bicyclic) bond motifs is 3. The Balaban J connectivity index is 1.34. The first-order valence-electron chi connectivity index (χ1n) is 14.5. The van der Waals surface area contributed by atoms with Crippen molar-refractivity contribution in [1.82, 2.24) is 20.2 Å². The van der Waals surface area contributed by atoms with Gasteiger partial charge in [-0.15, -0.1) is 0 Å². The minimum absolute atomic E-state index is 0.0494. The molecule has 2 fully saturated rings. The molecule has 2 aromatic carbocycles. The average molecular weight is 609 g/mol. The van der Waals surface area contributed by atoms with Crippen LogP contribution in [0.3, 0.4) is 0 Å². The highest BCUT2D eigenvalue weighted by Crippen LogP contribution is 2.40. The first-order valence-corrected chi connectivity index (χ1v) is 17.7. The summed E-state index contributed by atoms with van der Waals surface area (Å²) in [4.78, 5) is 33.8. The van der Waals surface area contributed by atoms with Crippen LogP contribution < -0.4 is 5.32 Å². The van der Waals surface area contributed by atoms with Crippen molar-refractivity contribution in [3.63, 3.8) is 0 Å². The summed E-state index contributed by atoms with van der Waals surface area (Å²) in [5.74, 6) is -0.140. The van der Waals surface area contributed by atoms with Gasteiger partial charge >= 0.3 is 0 Å². The van der Waals surface area contributed by atoms with Crippen molar-refractivity contribution < 1.29 is 22.6 Å². The lowest BCUT2D eigenvalue weighted by Gasteiger charge is -2.32. The highest BCUT2D eigenvalue weighted by Gasteiger charge is 2.37. The van der Waals surface area contributed by atoms with Crippen LogP contribution in [0, 0.1) is 13.8 Å². The van der Waals surface area contributed by atoms with Gasteiger partial charge in [0, 0.05) is 54.9 Å². The molecule has 3 heterocycles. The molecule has 1 aliphatic heterocycles. The number of likely N-dealkylation sites (tertiary alicyclic amines) is 1. The number of amides is 1. The second kappa shape index (κ2) is 11.7. The molecular formula is C31H37N4O5PS. The van der Waals surface area contributed by atoms with Crippen molar-refractivity contribution in [1.29, 1.82) is 0 Å². The van der Waals surface area contributed by atoms with E-state index < -0.39 is 18.2 Å². The predicted molar refractivity (Wildman–Crippen MR) is 167 cm³/mol. The molecule has 0 spiro atoms. The van der Waals surface area contributed by atoms with Crippen molar-refractivity contribution in [2.75, 3.05) is 32.9 Å². The third kappa shape index (κ3) is 5.83. The molecule has 1 saturated carbocycles. The van der Waals surface area contributed by atoms with E-state index in [0.717, 1.165) is 76.7 Å². The van der Waals surface area contributed by atoms with Gasteiger partial charge in [0.1, 0.15) is 5.65 Å². The maximum absolute atomic E-state index is 13.8. The maximum Gasteiger partial charge on any atom is 0.251 e. The predicted octanol–water partition coefficient (Wildman–Crippen LogP) is 5.08. The van der Waals surface area contributed by atoms with Gasteiger partial charge in [-0.2, -0.15) is 0 Å². The molecule has 0 radical (unpaired) electrons. The molecule has 4 aromatic rings. The summed E-state index contributed by atoms with van der Waals surface area (Å²) in [5, 5.41) is 4.83. The average Bonchev–Trinajstić information content (AvgIpc) is 3.76. The third-order valence-electron chi connectivity index (χ3n) is 8.41. The minimum Gasteiger partial charge on any atom is -0.350 e. The Bertz CT molecular complexity index is 1760. The van der Waals surface area contributed by atoms with E-state index in [2.05, 4.69) is 26.3 Å². The molecule has 2 aromatic heterocycles. The van der Waals surface area contributed by atoms with Crippen molar-refractivity contribution in [3.05, 3.63) is 59.3 Å². The second-order valence-electron chi connectivity index (χ2n) is 11.5. The Hall–Kier alpha value is -2.88. The minimum atomic E-state index is -3.38. The normalized spacial score (nSPS) is 17.6. The number of nitrogens with zero attached hydrogens (tertiary/aromatic N) is 2. The number of pyridine rings is 1. The molecule has 1 unspecified atom stereocenters. The largest absolute Gasteiger partial charge is 0.350 e. The molecule has 1 amide bonds. The fourth-order valence-corrected chi connectivity index (χ4v) is 7.98. The highest BCUT2D eigenvalue weighted by molar-refractivity contribution is 7.92. The van der Waals surface area contributed by atoms with Crippen LogP contribution in [0.1, 0.15) is 47.2 Å².